The molecule has 0 atom stereocenters. The van der Waals surface area contributed by atoms with Crippen LogP contribution in [0.25, 0.3) is 0 Å². The van der Waals surface area contributed by atoms with Crippen LogP contribution in [-0.4, -0.2) is 30.8 Å². The normalized spacial score (nSPS) is 20.8. The highest BCUT2D eigenvalue weighted by molar-refractivity contribution is 7.89. The minimum Gasteiger partial charge on any atom is -0.328 e. The Bertz CT molecular complexity index is 559. The number of aromatic amines is 1. The molecule has 1 aromatic rings. The summed E-state index contributed by atoms with van der Waals surface area (Å²) >= 11 is 0. The lowest BCUT2D eigenvalue weighted by Crippen LogP contribution is -2.41. The van der Waals surface area contributed by atoms with E-state index in [4.69, 9.17) is 0 Å². The van der Waals surface area contributed by atoms with Crippen LogP contribution in [0.4, 0.5) is 0 Å². The maximum absolute atomic E-state index is 12.3. The number of rotatable bonds is 2. The number of hydrogen-bond donors (Lipinski definition) is 1. The minimum atomic E-state index is -3.47. The molecule has 2 heterocycles. The zero-order valence-corrected chi connectivity index (χ0v) is 11.5. The summed E-state index contributed by atoms with van der Waals surface area (Å²) in [5.41, 5.74) is -0.0921. The molecule has 1 N–H and O–H groups in total. The lowest BCUT2D eigenvalue weighted by Gasteiger charge is -2.36. The molecule has 0 unspecified atom stereocenters. The van der Waals surface area contributed by atoms with Gasteiger partial charge in [0.2, 0.25) is 15.6 Å². The summed E-state index contributed by atoms with van der Waals surface area (Å²) in [5.74, 6) is 0. The highest BCUT2D eigenvalue weighted by Crippen LogP contribution is 2.32. The average molecular weight is 270 g/mol. The third kappa shape index (κ3) is 2.64. The van der Waals surface area contributed by atoms with E-state index in [1.807, 2.05) is 0 Å². The molecular formula is C12H18N2O3S. The summed E-state index contributed by atoms with van der Waals surface area (Å²) in [6, 6.07) is 2.59. The van der Waals surface area contributed by atoms with Gasteiger partial charge in [-0.3, -0.25) is 4.79 Å². The predicted molar refractivity (Wildman–Crippen MR) is 68.8 cm³/mol. The number of sulfonamides is 1. The third-order valence-corrected chi connectivity index (χ3v) is 5.36. The Hall–Kier alpha value is -1.14. The quantitative estimate of drug-likeness (QED) is 0.877. The summed E-state index contributed by atoms with van der Waals surface area (Å²) < 4.78 is 26.1. The number of hydrogen-bond acceptors (Lipinski definition) is 3. The van der Waals surface area contributed by atoms with Gasteiger partial charge in [0.1, 0.15) is 0 Å². The lowest BCUT2D eigenvalue weighted by atomic mass is 9.83. The van der Waals surface area contributed by atoms with Crippen LogP contribution in [0, 0.1) is 5.41 Å². The van der Waals surface area contributed by atoms with Crippen LogP contribution in [0.15, 0.2) is 28.0 Å². The van der Waals surface area contributed by atoms with E-state index in [1.54, 1.807) is 0 Å². The Balaban J connectivity index is 2.22. The fourth-order valence-electron chi connectivity index (χ4n) is 2.04. The minimum absolute atomic E-state index is 0.154. The Labute approximate surface area is 107 Å². The summed E-state index contributed by atoms with van der Waals surface area (Å²) in [4.78, 5) is 13.5. The van der Waals surface area contributed by atoms with Crippen molar-refractivity contribution in [2.24, 2.45) is 5.41 Å². The number of piperidine rings is 1. The molecule has 0 aromatic carbocycles. The highest BCUT2D eigenvalue weighted by Gasteiger charge is 2.32. The molecule has 0 bridgehead atoms. The first kappa shape index (κ1) is 13.3. The number of aromatic nitrogens is 1. The Morgan fingerprint density at radius 1 is 1.22 bits per heavy atom. The first-order chi connectivity index (χ1) is 8.31. The van der Waals surface area contributed by atoms with Gasteiger partial charge in [-0.05, 0) is 24.3 Å². The molecule has 0 amide bonds. The van der Waals surface area contributed by atoms with Crippen LogP contribution in [0.5, 0.6) is 0 Å². The van der Waals surface area contributed by atoms with Gasteiger partial charge in [0.25, 0.3) is 0 Å². The number of nitrogens with zero attached hydrogens (tertiary/aromatic N) is 1. The van der Waals surface area contributed by atoms with Gasteiger partial charge in [-0.2, -0.15) is 4.31 Å². The second kappa shape index (κ2) is 4.51. The zero-order chi connectivity index (χ0) is 13.4. The second-order valence-corrected chi connectivity index (χ2v) is 7.39. The van der Waals surface area contributed by atoms with Crippen molar-refractivity contribution in [3.63, 3.8) is 0 Å². The van der Waals surface area contributed by atoms with E-state index >= 15 is 0 Å². The van der Waals surface area contributed by atoms with Crippen molar-refractivity contribution in [1.82, 2.24) is 9.29 Å². The molecule has 1 aliphatic rings. The second-order valence-electron chi connectivity index (χ2n) is 5.46. The monoisotopic (exact) mass is 270 g/mol. The molecular weight excluding hydrogens is 252 g/mol. The SMILES string of the molecule is CC1(C)CCN(S(=O)(=O)c2ccc(=O)[nH]c2)CC1. The van der Waals surface area contributed by atoms with E-state index in [0.29, 0.717) is 13.1 Å². The fraction of sp³-hybridized carbons (Fsp3) is 0.583. The first-order valence-electron chi connectivity index (χ1n) is 6.00. The standard InChI is InChI=1S/C12H18N2O3S/c1-12(2)5-7-14(8-6-12)18(16,17)10-3-4-11(15)13-9-10/h3-4,9H,5-8H2,1-2H3,(H,13,15). The van der Waals surface area contributed by atoms with E-state index < -0.39 is 10.0 Å². The Kier molecular flexibility index (Phi) is 3.33. The molecule has 2 rings (SSSR count). The Morgan fingerprint density at radius 3 is 2.33 bits per heavy atom. The van der Waals surface area contributed by atoms with Gasteiger partial charge in [0.05, 0.1) is 4.90 Å². The molecule has 100 valence electrons. The van der Waals surface area contributed by atoms with Crippen molar-refractivity contribution in [3.05, 3.63) is 28.7 Å². The van der Waals surface area contributed by atoms with E-state index in [-0.39, 0.29) is 15.9 Å². The van der Waals surface area contributed by atoms with Crippen LogP contribution < -0.4 is 5.56 Å². The molecule has 0 saturated carbocycles. The van der Waals surface area contributed by atoms with E-state index in [0.717, 1.165) is 12.8 Å². The van der Waals surface area contributed by atoms with Crippen molar-refractivity contribution >= 4 is 10.0 Å². The molecule has 0 radical (unpaired) electrons. The van der Waals surface area contributed by atoms with Gasteiger partial charge in [0.15, 0.2) is 0 Å². The molecule has 1 fully saturated rings. The van der Waals surface area contributed by atoms with Crippen LogP contribution in [0.3, 0.4) is 0 Å². The van der Waals surface area contributed by atoms with Gasteiger partial charge in [-0.15, -0.1) is 0 Å². The third-order valence-electron chi connectivity index (χ3n) is 3.47. The van der Waals surface area contributed by atoms with Crippen LogP contribution in [0.2, 0.25) is 0 Å². The summed E-state index contributed by atoms with van der Waals surface area (Å²) in [7, 11) is -3.47. The van der Waals surface area contributed by atoms with Crippen LogP contribution in [0.1, 0.15) is 26.7 Å². The van der Waals surface area contributed by atoms with Gasteiger partial charge in [0, 0.05) is 25.4 Å². The molecule has 5 nitrogen and oxygen atoms in total. The molecule has 1 aromatic heterocycles. The zero-order valence-electron chi connectivity index (χ0n) is 10.6. The summed E-state index contributed by atoms with van der Waals surface area (Å²) in [6.45, 7) is 5.37. The van der Waals surface area contributed by atoms with Crippen molar-refractivity contribution < 1.29 is 8.42 Å². The molecule has 0 aliphatic carbocycles. The largest absolute Gasteiger partial charge is 0.328 e. The molecule has 6 heteroatoms. The Morgan fingerprint density at radius 2 is 1.83 bits per heavy atom. The van der Waals surface area contributed by atoms with Crippen LogP contribution in [-0.2, 0) is 10.0 Å². The van der Waals surface area contributed by atoms with E-state index in [2.05, 4.69) is 18.8 Å². The molecule has 0 spiro atoms. The molecule has 1 saturated heterocycles. The maximum Gasteiger partial charge on any atom is 0.247 e. The van der Waals surface area contributed by atoms with Crippen molar-refractivity contribution in [1.29, 1.82) is 0 Å². The number of H-pyrrole nitrogens is 1. The van der Waals surface area contributed by atoms with E-state index in [9.17, 15) is 13.2 Å². The number of nitrogens with one attached hydrogen (secondary N) is 1. The van der Waals surface area contributed by atoms with Gasteiger partial charge >= 0.3 is 0 Å². The molecule has 18 heavy (non-hydrogen) atoms. The molecule has 1 aliphatic heterocycles. The van der Waals surface area contributed by atoms with Gasteiger partial charge in [-0.1, -0.05) is 13.8 Å². The average Bonchev–Trinajstić information content (AvgIpc) is 2.29. The topological polar surface area (TPSA) is 70.2 Å². The van der Waals surface area contributed by atoms with Gasteiger partial charge < -0.3 is 4.98 Å². The van der Waals surface area contributed by atoms with Crippen molar-refractivity contribution in [2.45, 2.75) is 31.6 Å². The van der Waals surface area contributed by atoms with Crippen LogP contribution >= 0.6 is 0 Å². The first-order valence-corrected chi connectivity index (χ1v) is 7.44. The predicted octanol–water partition coefficient (Wildman–Crippen LogP) is 1.19. The van der Waals surface area contributed by atoms with E-state index in [1.165, 1.54) is 22.6 Å². The maximum atomic E-state index is 12.3. The lowest BCUT2D eigenvalue weighted by molar-refractivity contribution is 0.196. The number of pyridine rings is 1. The van der Waals surface area contributed by atoms with Crippen molar-refractivity contribution in [2.75, 3.05) is 13.1 Å². The summed E-state index contributed by atoms with van der Waals surface area (Å²) in [6.07, 6.45) is 2.97. The fourth-order valence-corrected chi connectivity index (χ4v) is 3.45. The van der Waals surface area contributed by atoms with Crippen molar-refractivity contribution in [3.8, 4) is 0 Å². The smallest absolute Gasteiger partial charge is 0.247 e. The summed E-state index contributed by atoms with van der Waals surface area (Å²) in [5, 5.41) is 0. The van der Waals surface area contributed by atoms with Gasteiger partial charge in [-0.25, -0.2) is 8.42 Å². The highest BCUT2D eigenvalue weighted by atomic mass is 32.2.